The molecule has 86 valence electrons. The smallest absolute Gasteiger partial charge is 0.208 e. The highest BCUT2D eigenvalue weighted by Crippen LogP contribution is 2.02. The molecule has 3 nitrogen and oxygen atoms in total. The molecule has 0 radical (unpaired) electrons. The average molecular weight is 237 g/mol. The molecular weight excluding hydrogens is 222 g/mol. The maximum absolute atomic E-state index is 11.3. The fourth-order valence-corrected chi connectivity index (χ4v) is 1.53. The van der Waals surface area contributed by atoms with Gasteiger partial charge in [0.05, 0.1) is 0 Å². The molecule has 0 aromatic heterocycles. The molecule has 4 heteroatoms. The molecule has 0 unspecified atom stereocenters. The van der Waals surface area contributed by atoms with Crippen LogP contribution in [-0.4, -0.2) is 26.8 Å². The molecule has 0 fully saturated rings. The van der Waals surface area contributed by atoms with E-state index in [0.717, 1.165) is 5.56 Å². The van der Waals surface area contributed by atoms with Gasteiger partial charge in [-0.25, -0.2) is 12.7 Å². The minimum atomic E-state index is -3.25. The Morgan fingerprint density at radius 2 is 1.69 bits per heavy atom. The van der Waals surface area contributed by atoms with Crippen molar-refractivity contribution in [2.75, 3.05) is 14.1 Å². The number of hydrogen-bond acceptors (Lipinski definition) is 2. The Morgan fingerprint density at radius 3 is 2.25 bits per heavy atom. The zero-order valence-electron chi connectivity index (χ0n) is 9.37. The molecule has 1 aromatic rings. The first-order chi connectivity index (χ1) is 7.52. The number of benzene rings is 1. The average Bonchev–Trinajstić information content (AvgIpc) is 2.26. The Bertz CT molecular complexity index is 473. The van der Waals surface area contributed by atoms with Gasteiger partial charge in [-0.1, -0.05) is 42.5 Å². The Morgan fingerprint density at radius 1 is 1.06 bits per heavy atom. The molecule has 0 atom stereocenters. The molecule has 0 aliphatic heterocycles. The number of sulfonamides is 1. The van der Waals surface area contributed by atoms with E-state index >= 15 is 0 Å². The van der Waals surface area contributed by atoms with Crippen LogP contribution in [0.15, 0.2) is 47.9 Å². The van der Waals surface area contributed by atoms with Crippen LogP contribution in [0.25, 0.3) is 6.08 Å². The van der Waals surface area contributed by atoms with Crippen LogP contribution in [0.5, 0.6) is 0 Å². The van der Waals surface area contributed by atoms with E-state index in [1.54, 1.807) is 6.08 Å². The second-order valence-electron chi connectivity index (χ2n) is 3.43. The second-order valence-corrected chi connectivity index (χ2v) is 5.46. The minimum absolute atomic E-state index is 1.04. The molecule has 16 heavy (non-hydrogen) atoms. The molecule has 0 saturated heterocycles. The van der Waals surface area contributed by atoms with E-state index in [9.17, 15) is 8.42 Å². The summed E-state index contributed by atoms with van der Waals surface area (Å²) in [5.74, 6) is 0. The molecule has 0 heterocycles. The summed E-state index contributed by atoms with van der Waals surface area (Å²) in [6, 6.07) is 9.69. The molecule has 0 aliphatic rings. The van der Waals surface area contributed by atoms with Crippen LogP contribution < -0.4 is 0 Å². The molecule has 0 amide bonds. The van der Waals surface area contributed by atoms with Gasteiger partial charge in [0.2, 0.25) is 10.0 Å². The molecular formula is C12H15NO2S. The van der Waals surface area contributed by atoms with Crippen molar-refractivity contribution in [2.45, 2.75) is 0 Å². The number of hydrogen-bond donors (Lipinski definition) is 0. The zero-order chi connectivity index (χ0) is 12.0. The van der Waals surface area contributed by atoms with Crippen LogP contribution in [0.2, 0.25) is 0 Å². The highest BCUT2D eigenvalue weighted by Gasteiger charge is 2.06. The van der Waals surface area contributed by atoms with E-state index in [2.05, 4.69) is 0 Å². The number of nitrogens with zero attached hydrogens (tertiary/aromatic N) is 1. The monoisotopic (exact) mass is 237 g/mol. The summed E-state index contributed by atoms with van der Waals surface area (Å²) in [5, 5.41) is 1.17. The molecule has 1 aromatic carbocycles. The summed E-state index contributed by atoms with van der Waals surface area (Å²) in [4.78, 5) is 0. The number of rotatable bonds is 4. The van der Waals surface area contributed by atoms with E-state index in [1.165, 1.54) is 29.9 Å². The van der Waals surface area contributed by atoms with Crippen LogP contribution >= 0.6 is 0 Å². The fraction of sp³-hybridized carbons (Fsp3) is 0.167. The van der Waals surface area contributed by atoms with Gasteiger partial charge in [0, 0.05) is 19.5 Å². The van der Waals surface area contributed by atoms with Gasteiger partial charge in [-0.2, -0.15) is 0 Å². The number of allylic oxidation sites excluding steroid dienone is 2. The van der Waals surface area contributed by atoms with Gasteiger partial charge < -0.3 is 0 Å². The third-order valence-corrected chi connectivity index (χ3v) is 3.48. The van der Waals surface area contributed by atoms with E-state index in [0.29, 0.717) is 0 Å². The molecule has 0 N–H and O–H groups in total. The Kier molecular flexibility index (Phi) is 4.46. The van der Waals surface area contributed by atoms with Crippen molar-refractivity contribution in [1.82, 2.24) is 4.31 Å². The van der Waals surface area contributed by atoms with Gasteiger partial charge in [0.15, 0.2) is 0 Å². The summed E-state index contributed by atoms with van der Waals surface area (Å²) in [6.45, 7) is 0. The summed E-state index contributed by atoms with van der Waals surface area (Å²) in [7, 11) is -0.250. The van der Waals surface area contributed by atoms with Crippen molar-refractivity contribution >= 4 is 16.1 Å². The van der Waals surface area contributed by atoms with Gasteiger partial charge in [0.25, 0.3) is 0 Å². The Hall–Kier alpha value is -1.39. The van der Waals surface area contributed by atoms with E-state index in [-0.39, 0.29) is 0 Å². The molecule has 0 bridgehead atoms. The largest absolute Gasteiger partial charge is 0.235 e. The predicted octanol–water partition coefficient (Wildman–Crippen LogP) is 2.10. The first kappa shape index (κ1) is 12.7. The zero-order valence-corrected chi connectivity index (χ0v) is 10.2. The highest BCUT2D eigenvalue weighted by atomic mass is 32.2. The third kappa shape index (κ3) is 4.00. The normalized spacial score (nSPS) is 12.9. The topological polar surface area (TPSA) is 37.4 Å². The maximum atomic E-state index is 11.3. The molecule has 0 spiro atoms. The summed E-state index contributed by atoms with van der Waals surface area (Å²) >= 11 is 0. The van der Waals surface area contributed by atoms with Crippen molar-refractivity contribution in [2.24, 2.45) is 0 Å². The predicted molar refractivity (Wildman–Crippen MR) is 67.2 cm³/mol. The Balaban J connectivity index is 2.66. The van der Waals surface area contributed by atoms with Crippen LogP contribution in [0.4, 0.5) is 0 Å². The summed E-state index contributed by atoms with van der Waals surface area (Å²) in [6.07, 6.45) is 5.07. The lowest BCUT2D eigenvalue weighted by Crippen LogP contribution is -2.19. The van der Waals surface area contributed by atoms with Crippen molar-refractivity contribution in [3.8, 4) is 0 Å². The summed E-state index contributed by atoms with van der Waals surface area (Å²) < 4.78 is 23.9. The van der Waals surface area contributed by atoms with Crippen molar-refractivity contribution in [3.63, 3.8) is 0 Å². The SMILES string of the molecule is CN(C)S(=O)(=O)/C=C/C=C/c1ccccc1. The van der Waals surface area contributed by atoms with E-state index in [1.807, 2.05) is 36.4 Å². The molecule has 0 aliphatic carbocycles. The van der Waals surface area contributed by atoms with Crippen LogP contribution in [0, 0.1) is 0 Å². The quantitative estimate of drug-likeness (QED) is 0.752. The van der Waals surface area contributed by atoms with Gasteiger partial charge in [-0.05, 0) is 11.6 Å². The lowest BCUT2D eigenvalue weighted by Gasteiger charge is -2.04. The van der Waals surface area contributed by atoms with Gasteiger partial charge >= 0.3 is 0 Å². The highest BCUT2D eigenvalue weighted by molar-refractivity contribution is 7.92. The first-order valence-electron chi connectivity index (χ1n) is 4.85. The van der Waals surface area contributed by atoms with Crippen molar-refractivity contribution < 1.29 is 8.42 Å². The Labute approximate surface area is 96.8 Å². The lowest BCUT2D eigenvalue weighted by atomic mass is 10.2. The van der Waals surface area contributed by atoms with Gasteiger partial charge in [0.1, 0.15) is 0 Å². The standard InChI is InChI=1S/C12H15NO2S/c1-13(2)16(14,15)11-7-6-10-12-8-4-3-5-9-12/h3-11H,1-2H3/b10-6+,11-7+. The van der Waals surface area contributed by atoms with Gasteiger partial charge in [-0.3, -0.25) is 0 Å². The second kappa shape index (κ2) is 5.63. The van der Waals surface area contributed by atoms with E-state index in [4.69, 9.17) is 0 Å². The molecule has 1 rings (SSSR count). The first-order valence-corrected chi connectivity index (χ1v) is 6.35. The fourth-order valence-electron chi connectivity index (χ4n) is 0.997. The summed E-state index contributed by atoms with van der Waals surface area (Å²) in [5.41, 5.74) is 1.04. The third-order valence-electron chi connectivity index (χ3n) is 1.96. The van der Waals surface area contributed by atoms with Crippen molar-refractivity contribution in [1.29, 1.82) is 0 Å². The van der Waals surface area contributed by atoms with Crippen LogP contribution in [-0.2, 0) is 10.0 Å². The maximum Gasteiger partial charge on any atom is 0.235 e. The van der Waals surface area contributed by atoms with E-state index < -0.39 is 10.0 Å². The van der Waals surface area contributed by atoms with Crippen LogP contribution in [0.3, 0.4) is 0 Å². The van der Waals surface area contributed by atoms with Crippen LogP contribution in [0.1, 0.15) is 5.56 Å². The lowest BCUT2D eigenvalue weighted by molar-refractivity contribution is 0.531. The van der Waals surface area contributed by atoms with Crippen molar-refractivity contribution in [3.05, 3.63) is 53.5 Å². The minimum Gasteiger partial charge on any atom is -0.208 e. The molecule has 0 saturated carbocycles. The van der Waals surface area contributed by atoms with Gasteiger partial charge in [-0.15, -0.1) is 0 Å².